The van der Waals surface area contributed by atoms with Crippen LogP contribution >= 0.6 is 0 Å². The standard InChI is InChI=1S/C10H12N4/c1-14-3-2-8-7(6-14)4-11-10-9(8)5-12-13-10/h4-5H,2-3,6H2,1H3,(H,11,12,13). The Labute approximate surface area is 81.9 Å². The molecule has 0 fully saturated rings. The van der Waals surface area contributed by atoms with Crippen molar-refractivity contribution in [2.75, 3.05) is 13.6 Å². The summed E-state index contributed by atoms with van der Waals surface area (Å²) in [5, 5.41) is 8.12. The highest BCUT2D eigenvalue weighted by Crippen LogP contribution is 2.23. The second-order valence-electron chi connectivity index (χ2n) is 3.88. The quantitative estimate of drug-likeness (QED) is 0.669. The zero-order valence-corrected chi connectivity index (χ0v) is 8.12. The van der Waals surface area contributed by atoms with Gasteiger partial charge in [0.15, 0.2) is 5.65 Å². The predicted molar refractivity (Wildman–Crippen MR) is 53.9 cm³/mol. The first-order valence-corrected chi connectivity index (χ1v) is 4.83. The highest BCUT2D eigenvalue weighted by Gasteiger charge is 2.16. The lowest BCUT2D eigenvalue weighted by Gasteiger charge is -2.24. The average Bonchev–Trinajstić information content (AvgIpc) is 2.65. The van der Waals surface area contributed by atoms with E-state index in [4.69, 9.17) is 0 Å². The van der Waals surface area contributed by atoms with Crippen LogP contribution in [-0.4, -0.2) is 33.7 Å². The number of hydrogen-bond donors (Lipinski definition) is 1. The summed E-state index contributed by atoms with van der Waals surface area (Å²) in [6, 6.07) is 0. The second-order valence-corrected chi connectivity index (χ2v) is 3.88. The summed E-state index contributed by atoms with van der Waals surface area (Å²) in [4.78, 5) is 6.66. The van der Waals surface area contributed by atoms with Gasteiger partial charge in [-0.05, 0) is 24.6 Å². The van der Waals surface area contributed by atoms with E-state index >= 15 is 0 Å². The number of rotatable bonds is 0. The Morgan fingerprint density at radius 3 is 3.29 bits per heavy atom. The number of fused-ring (bicyclic) bond motifs is 3. The highest BCUT2D eigenvalue weighted by molar-refractivity contribution is 5.79. The van der Waals surface area contributed by atoms with E-state index in [0.29, 0.717) is 0 Å². The maximum absolute atomic E-state index is 4.34. The topological polar surface area (TPSA) is 44.8 Å². The van der Waals surface area contributed by atoms with E-state index in [2.05, 4.69) is 27.1 Å². The average molecular weight is 188 g/mol. The fraction of sp³-hybridized carbons (Fsp3) is 0.400. The van der Waals surface area contributed by atoms with E-state index in [9.17, 15) is 0 Å². The Morgan fingerprint density at radius 2 is 2.36 bits per heavy atom. The molecule has 4 nitrogen and oxygen atoms in total. The van der Waals surface area contributed by atoms with Crippen LogP contribution in [0.3, 0.4) is 0 Å². The molecule has 0 saturated carbocycles. The van der Waals surface area contributed by atoms with Gasteiger partial charge in [0.05, 0.1) is 6.20 Å². The number of likely N-dealkylation sites (N-methyl/N-ethyl adjacent to an activating group) is 1. The lowest BCUT2D eigenvalue weighted by atomic mass is 10.00. The van der Waals surface area contributed by atoms with Crippen molar-refractivity contribution in [3.05, 3.63) is 23.5 Å². The minimum Gasteiger partial charge on any atom is -0.302 e. The summed E-state index contributed by atoms with van der Waals surface area (Å²) in [6.45, 7) is 2.13. The summed E-state index contributed by atoms with van der Waals surface area (Å²) < 4.78 is 0. The van der Waals surface area contributed by atoms with Gasteiger partial charge in [-0.3, -0.25) is 5.10 Å². The summed E-state index contributed by atoms with van der Waals surface area (Å²) in [5.41, 5.74) is 3.67. The van der Waals surface area contributed by atoms with Crippen LogP contribution in [0.2, 0.25) is 0 Å². The van der Waals surface area contributed by atoms with E-state index in [0.717, 1.165) is 25.2 Å². The molecule has 1 aliphatic rings. The number of hydrogen-bond acceptors (Lipinski definition) is 3. The number of aromatic amines is 1. The molecule has 2 aromatic heterocycles. The molecule has 0 atom stereocenters. The monoisotopic (exact) mass is 188 g/mol. The smallest absolute Gasteiger partial charge is 0.155 e. The first kappa shape index (κ1) is 7.94. The van der Waals surface area contributed by atoms with Crippen LogP contribution in [0.4, 0.5) is 0 Å². The minimum atomic E-state index is 0.910. The van der Waals surface area contributed by atoms with E-state index in [1.165, 1.54) is 16.5 Å². The Hall–Kier alpha value is -1.42. The normalized spacial score (nSPS) is 17.2. The Balaban J connectivity index is 2.24. The van der Waals surface area contributed by atoms with Crippen molar-refractivity contribution in [1.29, 1.82) is 0 Å². The molecule has 3 rings (SSSR count). The molecule has 0 spiro atoms. The van der Waals surface area contributed by atoms with E-state index in [1.807, 2.05) is 12.4 Å². The molecule has 0 aromatic carbocycles. The first-order chi connectivity index (χ1) is 6.84. The first-order valence-electron chi connectivity index (χ1n) is 4.83. The van der Waals surface area contributed by atoms with Gasteiger partial charge < -0.3 is 4.90 Å². The van der Waals surface area contributed by atoms with Gasteiger partial charge in [-0.2, -0.15) is 5.10 Å². The lowest BCUT2D eigenvalue weighted by Crippen LogP contribution is -2.26. The molecule has 1 aliphatic heterocycles. The number of H-pyrrole nitrogens is 1. The maximum atomic E-state index is 4.34. The zero-order chi connectivity index (χ0) is 9.54. The number of aromatic nitrogens is 3. The fourth-order valence-corrected chi connectivity index (χ4v) is 2.10. The third-order valence-corrected chi connectivity index (χ3v) is 2.87. The van der Waals surface area contributed by atoms with Crippen molar-refractivity contribution in [3.63, 3.8) is 0 Å². The molecular weight excluding hydrogens is 176 g/mol. The van der Waals surface area contributed by atoms with Crippen molar-refractivity contribution in [2.45, 2.75) is 13.0 Å². The Morgan fingerprint density at radius 1 is 1.43 bits per heavy atom. The highest BCUT2D eigenvalue weighted by atomic mass is 15.1. The SMILES string of the molecule is CN1CCc2c(cnc3[nH]ncc23)C1. The summed E-state index contributed by atoms with van der Waals surface area (Å²) >= 11 is 0. The van der Waals surface area contributed by atoms with Crippen molar-refractivity contribution in [3.8, 4) is 0 Å². The molecule has 0 bridgehead atoms. The van der Waals surface area contributed by atoms with E-state index in [1.54, 1.807) is 0 Å². The second kappa shape index (κ2) is 2.78. The molecule has 4 heteroatoms. The summed E-state index contributed by atoms with van der Waals surface area (Å²) in [5.74, 6) is 0. The van der Waals surface area contributed by atoms with Crippen LogP contribution in [0, 0.1) is 0 Å². The lowest BCUT2D eigenvalue weighted by molar-refractivity contribution is 0.313. The van der Waals surface area contributed by atoms with Gasteiger partial charge in [0, 0.05) is 24.7 Å². The van der Waals surface area contributed by atoms with Gasteiger partial charge in [0.2, 0.25) is 0 Å². The number of nitrogens with zero attached hydrogens (tertiary/aromatic N) is 3. The maximum Gasteiger partial charge on any atom is 0.155 e. The van der Waals surface area contributed by atoms with E-state index in [-0.39, 0.29) is 0 Å². The molecule has 0 unspecified atom stereocenters. The van der Waals surface area contributed by atoms with Crippen molar-refractivity contribution < 1.29 is 0 Å². The van der Waals surface area contributed by atoms with Crippen LogP contribution in [-0.2, 0) is 13.0 Å². The summed E-state index contributed by atoms with van der Waals surface area (Å²) in [6.07, 6.45) is 4.95. The van der Waals surface area contributed by atoms with E-state index < -0.39 is 0 Å². The van der Waals surface area contributed by atoms with Crippen LogP contribution < -0.4 is 0 Å². The van der Waals surface area contributed by atoms with Crippen molar-refractivity contribution in [2.24, 2.45) is 0 Å². The van der Waals surface area contributed by atoms with Crippen LogP contribution in [0.5, 0.6) is 0 Å². The van der Waals surface area contributed by atoms with Crippen molar-refractivity contribution in [1.82, 2.24) is 20.1 Å². The van der Waals surface area contributed by atoms with Gasteiger partial charge in [-0.25, -0.2) is 4.98 Å². The summed E-state index contributed by atoms with van der Waals surface area (Å²) in [7, 11) is 2.14. The Kier molecular flexibility index (Phi) is 1.58. The fourth-order valence-electron chi connectivity index (χ4n) is 2.10. The zero-order valence-electron chi connectivity index (χ0n) is 8.12. The number of nitrogens with one attached hydrogen (secondary N) is 1. The third kappa shape index (κ3) is 1.04. The molecule has 3 heterocycles. The molecule has 0 radical (unpaired) electrons. The molecule has 2 aromatic rings. The van der Waals surface area contributed by atoms with Gasteiger partial charge in [-0.15, -0.1) is 0 Å². The molecular formula is C10H12N4. The third-order valence-electron chi connectivity index (χ3n) is 2.87. The molecule has 0 saturated heterocycles. The minimum absolute atomic E-state index is 0.910. The number of pyridine rings is 1. The molecule has 0 amide bonds. The van der Waals surface area contributed by atoms with Crippen LogP contribution in [0.1, 0.15) is 11.1 Å². The van der Waals surface area contributed by atoms with Crippen LogP contribution in [0.25, 0.3) is 11.0 Å². The molecule has 14 heavy (non-hydrogen) atoms. The molecule has 72 valence electrons. The van der Waals surface area contributed by atoms with Crippen molar-refractivity contribution >= 4 is 11.0 Å². The van der Waals surface area contributed by atoms with Crippen LogP contribution in [0.15, 0.2) is 12.4 Å². The molecule has 1 N–H and O–H groups in total. The van der Waals surface area contributed by atoms with Gasteiger partial charge in [0.25, 0.3) is 0 Å². The molecule has 0 aliphatic carbocycles. The van der Waals surface area contributed by atoms with Gasteiger partial charge in [0.1, 0.15) is 0 Å². The van der Waals surface area contributed by atoms with Gasteiger partial charge in [-0.1, -0.05) is 0 Å². The van der Waals surface area contributed by atoms with Gasteiger partial charge >= 0.3 is 0 Å². The predicted octanol–water partition coefficient (Wildman–Crippen LogP) is 0.946. The largest absolute Gasteiger partial charge is 0.302 e. The Bertz CT molecular complexity index is 474.